The van der Waals surface area contributed by atoms with Crippen molar-refractivity contribution in [3.05, 3.63) is 34.3 Å². The van der Waals surface area contributed by atoms with Crippen LogP contribution in [-0.4, -0.2) is 36.0 Å². The summed E-state index contributed by atoms with van der Waals surface area (Å²) in [6, 6.07) is 5.66. The molecule has 2 aliphatic heterocycles. The predicted molar refractivity (Wildman–Crippen MR) is 81.2 cm³/mol. The molecule has 0 saturated carbocycles. The number of nitrogens with one attached hydrogen (secondary N) is 1. The van der Waals surface area contributed by atoms with Gasteiger partial charge in [0.25, 0.3) is 5.91 Å². The fourth-order valence-electron chi connectivity index (χ4n) is 3.71. The summed E-state index contributed by atoms with van der Waals surface area (Å²) in [5, 5.41) is 3.99. The van der Waals surface area contributed by atoms with Crippen LogP contribution < -0.4 is 5.32 Å². The van der Waals surface area contributed by atoms with E-state index >= 15 is 0 Å². The Morgan fingerprint density at radius 2 is 2.15 bits per heavy atom. The molecule has 0 radical (unpaired) electrons. The van der Waals surface area contributed by atoms with Crippen molar-refractivity contribution >= 4 is 17.5 Å². The zero-order valence-corrected chi connectivity index (χ0v) is 13.0. The Hall–Kier alpha value is -1.06. The quantitative estimate of drug-likeness (QED) is 0.863. The van der Waals surface area contributed by atoms with Gasteiger partial charge in [-0.15, -0.1) is 0 Å². The van der Waals surface area contributed by atoms with Gasteiger partial charge in [0, 0.05) is 25.2 Å². The smallest absolute Gasteiger partial charge is 0.255 e. The van der Waals surface area contributed by atoms with Gasteiger partial charge < -0.3 is 10.2 Å². The molecule has 3 nitrogen and oxygen atoms in total. The summed E-state index contributed by atoms with van der Waals surface area (Å²) in [5.74, 6) is 1.17. The minimum atomic E-state index is -0.112. The molecule has 1 amide bonds. The number of nitrogens with zero attached hydrogens (tertiary/aromatic N) is 1. The molecule has 108 valence electrons. The van der Waals surface area contributed by atoms with Gasteiger partial charge in [0.1, 0.15) is 0 Å². The van der Waals surface area contributed by atoms with E-state index < -0.39 is 0 Å². The lowest BCUT2D eigenvalue weighted by atomic mass is 9.84. The van der Waals surface area contributed by atoms with Crippen molar-refractivity contribution in [2.24, 2.45) is 11.8 Å². The van der Waals surface area contributed by atoms with Gasteiger partial charge in [-0.25, -0.2) is 0 Å². The number of benzene rings is 1. The van der Waals surface area contributed by atoms with Crippen LogP contribution in [0.4, 0.5) is 0 Å². The van der Waals surface area contributed by atoms with Crippen LogP contribution in [0.15, 0.2) is 18.2 Å². The highest BCUT2D eigenvalue weighted by molar-refractivity contribution is 6.33. The molecule has 0 spiro atoms. The SMILES string of the molecule is Cc1ccc(C(=O)N2CC3CNCC3C2(C)C)c(Cl)c1. The Morgan fingerprint density at radius 3 is 2.80 bits per heavy atom. The third-order valence-electron chi connectivity index (χ3n) is 4.96. The minimum absolute atomic E-state index is 0.0643. The highest BCUT2D eigenvalue weighted by atomic mass is 35.5. The van der Waals surface area contributed by atoms with Crippen molar-refractivity contribution in [2.75, 3.05) is 19.6 Å². The second-order valence-corrected chi connectivity index (χ2v) is 6.98. The Kier molecular flexibility index (Phi) is 3.30. The molecular formula is C16H21ClN2O. The number of hydrogen-bond acceptors (Lipinski definition) is 2. The van der Waals surface area contributed by atoms with E-state index in [-0.39, 0.29) is 11.4 Å². The summed E-state index contributed by atoms with van der Waals surface area (Å²) in [5.41, 5.74) is 1.59. The van der Waals surface area contributed by atoms with Gasteiger partial charge in [0.05, 0.1) is 10.6 Å². The average molecular weight is 293 g/mol. The van der Waals surface area contributed by atoms with Crippen LogP contribution in [0.1, 0.15) is 29.8 Å². The molecular weight excluding hydrogens is 272 g/mol. The number of hydrogen-bond donors (Lipinski definition) is 1. The van der Waals surface area contributed by atoms with E-state index in [0.717, 1.165) is 25.2 Å². The van der Waals surface area contributed by atoms with Crippen LogP contribution in [0.25, 0.3) is 0 Å². The maximum Gasteiger partial charge on any atom is 0.255 e. The van der Waals surface area contributed by atoms with Crippen molar-refractivity contribution in [2.45, 2.75) is 26.3 Å². The first-order valence-electron chi connectivity index (χ1n) is 7.20. The normalized spacial score (nSPS) is 27.7. The average Bonchev–Trinajstić information content (AvgIpc) is 2.91. The van der Waals surface area contributed by atoms with Crippen LogP contribution in [0.2, 0.25) is 5.02 Å². The summed E-state index contributed by atoms with van der Waals surface area (Å²) < 4.78 is 0. The zero-order valence-electron chi connectivity index (χ0n) is 12.2. The largest absolute Gasteiger partial charge is 0.333 e. The highest BCUT2D eigenvalue weighted by Gasteiger charge is 2.51. The predicted octanol–water partition coefficient (Wildman–Crippen LogP) is 2.72. The second-order valence-electron chi connectivity index (χ2n) is 6.58. The maximum atomic E-state index is 12.8. The molecule has 2 fully saturated rings. The number of carbonyl (C=O) groups is 1. The van der Waals surface area contributed by atoms with Crippen molar-refractivity contribution in [3.8, 4) is 0 Å². The van der Waals surface area contributed by atoms with Gasteiger partial charge in [0.2, 0.25) is 0 Å². The van der Waals surface area contributed by atoms with Gasteiger partial charge in [0.15, 0.2) is 0 Å². The number of carbonyl (C=O) groups excluding carboxylic acids is 1. The summed E-state index contributed by atoms with van der Waals surface area (Å²) in [6.45, 7) is 9.17. The zero-order chi connectivity index (χ0) is 14.5. The molecule has 1 N–H and O–H groups in total. The fourth-order valence-corrected chi connectivity index (χ4v) is 4.02. The highest BCUT2D eigenvalue weighted by Crippen LogP contribution is 2.41. The Balaban J connectivity index is 1.91. The van der Waals surface area contributed by atoms with Gasteiger partial charge in [-0.05, 0) is 50.3 Å². The van der Waals surface area contributed by atoms with E-state index in [2.05, 4.69) is 19.2 Å². The van der Waals surface area contributed by atoms with Crippen molar-refractivity contribution in [3.63, 3.8) is 0 Å². The number of fused-ring (bicyclic) bond motifs is 1. The van der Waals surface area contributed by atoms with E-state index in [0.29, 0.717) is 22.4 Å². The summed E-state index contributed by atoms with van der Waals surface area (Å²) >= 11 is 6.26. The van der Waals surface area contributed by atoms with E-state index in [4.69, 9.17) is 11.6 Å². The molecule has 2 saturated heterocycles. The molecule has 2 heterocycles. The lowest BCUT2D eigenvalue weighted by Gasteiger charge is -2.35. The van der Waals surface area contributed by atoms with Crippen LogP contribution in [0.3, 0.4) is 0 Å². The van der Waals surface area contributed by atoms with Crippen molar-refractivity contribution < 1.29 is 4.79 Å². The lowest BCUT2D eigenvalue weighted by Crippen LogP contribution is -2.47. The molecule has 2 aliphatic rings. The summed E-state index contributed by atoms with van der Waals surface area (Å²) in [4.78, 5) is 14.9. The molecule has 0 aromatic heterocycles. The van der Waals surface area contributed by atoms with Gasteiger partial charge >= 0.3 is 0 Å². The van der Waals surface area contributed by atoms with Crippen LogP contribution in [0, 0.1) is 18.8 Å². The Morgan fingerprint density at radius 1 is 1.40 bits per heavy atom. The second kappa shape index (κ2) is 4.74. The monoisotopic (exact) mass is 292 g/mol. The Bertz CT molecular complexity index is 555. The molecule has 2 unspecified atom stereocenters. The lowest BCUT2D eigenvalue weighted by molar-refractivity contribution is 0.0603. The third kappa shape index (κ3) is 2.04. The Labute approximate surface area is 125 Å². The number of amides is 1. The van der Waals surface area contributed by atoms with Crippen LogP contribution in [-0.2, 0) is 0 Å². The molecule has 1 aromatic carbocycles. The molecule has 0 bridgehead atoms. The van der Waals surface area contributed by atoms with Gasteiger partial charge in [-0.1, -0.05) is 17.7 Å². The van der Waals surface area contributed by atoms with Crippen molar-refractivity contribution in [1.29, 1.82) is 0 Å². The van der Waals surface area contributed by atoms with Gasteiger partial charge in [-0.2, -0.15) is 0 Å². The van der Waals surface area contributed by atoms with Crippen molar-refractivity contribution in [1.82, 2.24) is 10.2 Å². The first-order chi connectivity index (χ1) is 9.41. The number of halogens is 1. The molecule has 2 atom stereocenters. The molecule has 0 aliphatic carbocycles. The molecule has 3 rings (SSSR count). The van der Waals surface area contributed by atoms with E-state index in [1.165, 1.54) is 0 Å². The van der Waals surface area contributed by atoms with Gasteiger partial charge in [-0.3, -0.25) is 4.79 Å². The first-order valence-corrected chi connectivity index (χ1v) is 7.58. The van der Waals surface area contributed by atoms with E-state index in [1.807, 2.05) is 30.0 Å². The van der Waals surface area contributed by atoms with Crippen LogP contribution >= 0.6 is 11.6 Å². The van der Waals surface area contributed by atoms with E-state index in [1.54, 1.807) is 0 Å². The summed E-state index contributed by atoms with van der Waals surface area (Å²) in [7, 11) is 0. The number of rotatable bonds is 1. The van der Waals surface area contributed by atoms with Crippen LogP contribution in [0.5, 0.6) is 0 Å². The number of aryl methyl sites for hydroxylation is 1. The first kappa shape index (κ1) is 13.9. The topological polar surface area (TPSA) is 32.3 Å². The molecule has 4 heteroatoms. The third-order valence-corrected chi connectivity index (χ3v) is 5.27. The molecule has 20 heavy (non-hydrogen) atoms. The number of likely N-dealkylation sites (tertiary alicyclic amines) is 1. The summed E-state index contributed by atoms with van der Waals surface area (Å²) in [6.07, 6.45) is 0. The maximum absolute atomic E-state index is 12.8. The minimum Gasteiger partial charge on any atom is -0.333 e. The standard InChI is InChI=1S/C16H21ClN2O/c1-10-4-5-12(14(17)6-10)15(20)19-9-11-7-18-8-13(11)16(19,2)3/h4-6,11,13,18H,7-9H2,1-3H3. The molecule has 1 aromatic rings. The fraction of sp³-hybridized carbons (Fsp3) is 0.562. The van der Waals surface area contributed by atoms with E-state index in [9.17, 15) is 4.79 Å².